The Hall–Kier alpha value is -2.31. The third kappa shape index (κ3) is 3.76. The number of amides is 1. The minimum Gasteiger partial charge on any atom is -0.308 e. The van der Waals surface area contributed by atoms with Crippen molar-refractivity contribution < 1.29 is 9.18 Å². The van der Waals surface area contributed by atoms with Gasteiger partial charge in [-0.3, -0.25) is 9.69 Å². The number of aromatic nitrogens is 1. The first kappa shape index (κ1) is 18.5. The van der Waals surface area contributed by atoms with E-state index in [0.717, 1.165) is 15.8 Å². The van der Waals surface area contributed by atoms with Gasteiger partial charge >= 0.3 is 0 Å². The fourth-order valence-electron chi connectivity index (χ4n) is 2.71. The summed E-state index contributed by atoms with van der Waals surface area (Å²) in [6.07, 6.45) is 0. The van der Waals surface area contributed by atoms with Crippen molar-refractivity contribution in [2.75, 3.05) is 32.1 Å². The largest absolute Gasteiger partial charge is 0.308 e. The Bertz CT molecular complexity index is 951. The van der Waals surface area contributed by atoms with Gasteiger partial charge in [-0.2, -0.15) is 0 Å². The highest BCUT2D eigenvalue weighted by molar-refractivity contribution is 7.22. The first-order chi connectivity index (χ1) is 12.4. The van der Waals surface area contributed by atoms with Crippen molar-refractivity contribution in [3.8, 4) is 0 Å². The number of hydrogen-bond acceptors (Lipinski definition) is 4. The van der Waals surface area contributed by atoms with Crippen molar-refractivity contribution in [1.82, 2.24) is 9.88 Å². The number of carbonyl (C=O) groups is 1. The standard InChI is InChI=1S/C20H22FN3OS/c1-13-8-9-14(2)15(12-13)19(25)24(11-10-23(3)4)20-22-18-16(21)6-5-7-17(18)26-20/h5-9,12H,10-11H2,1-4H3. The topological polar surface area (TPSA) is 36.4 Å². The number of anilines is 1. The summed E-state index contributed by atoms with van der Waals surface area (Å²) in [7, 11) is 3.91. The van der Waals surface area contributed by atoms with Crippen LogP contribution in [-0.2, 0) is 0 Å². The summed E-state index contributed by atoms with van der Waals surface area (Å²) in [5.74, 6) is -0.468. The molecule has 0 bridgehead atoms. The highest BCUT2D eigenvalue weighted by Gasteiger charge is 2.23. The van der Waals surface area contributed by atoms with E-state index >= 15 is 0 Å². The van der Waals surface area contributed by atoms with E-state index in [-0.39, 0.29) is 11.7 Å². The molecule has 0 radical (unpaired) electrons. The van der Waals surface area contributed by atoms with Crippen LogP contribution in [0.2, 0.25) is 0 Å². The Balaban J connectivity index is 2.04. The summed E-state index contributed by atoms with van der Waals surface area (Å²) >= 11 is 1.34. The van der Waals surface area contributed by atoms with Gasteiger partial charge in [0.05, 0.1) is 4.70 Å². The molecule has 0 N–H and O–H groups in total. The third-order valence-corrected chi connectivity index (χ3v) is 5.27. The van der Waals surface area contributed by atoms with E-state index < -0.39 is 0 Å². The lowest BCUT2D eigenvalue weighted by atomic mass is 10.0. The molecule has 0 aliphatic rings. The van der Waals surface area contributed by atoms with E-state index in [9.17, 15) is 9.18 Å². The number of hydrogen-bond donors (Lipinski definition) is 0. The van der Waals surface area contributed by atoms with Crippen molar-refractivity contribution >= 4 is 32.6 Å². The average molecular weight is 371 g/mol. The summed E-state index contributed by atoms with van der Waals surface area (Å²) < 4.78 is 14.8. The highest BCUT2D eigenvalue weighted by atomic mass is 32.1. The molecule has 0 aliphatic heterocycles. The molecule has 0 saturated carbocycles. The van der Waals surface area contributed by atoms with Gasteiger partial charge in [0, 0.05) is 18.7 Å². The molecule has 1 aromatic heterocycles. The Morgan fingerprint density at radius 1 is 1.15 bits per heavy atom. The minimum atomic E-state index is -0.364. The molecule has 4 nitrogen and oxygen atoms in total. The summed E-state index contributed by atoms with van der Waals surface area (Å²) in [4.78, 5) is 21.4. The maximum atomic E-state index is 14.1. The van der Waals surface area contributed by atoms with Gasteiger partial charge in [0.2, 0.25) is 0 Å². The van der Waals surface area contributed by atoms with Crippen molar-refractivity contribution in [3.05, 3.63) is 58.9 Å². The fraction of sp³-hybridized carbons (Fsp3) is 0.300. The molecular formula is C20H22FN3OS. The molecule has 1 amide bonds. The number of para-hydroxylation sites is 1. The van der Waals surface area contributed by atoms with Crippen LogP contribution in [0.3, 0.4) is 0 Å². The zero-order valence-corrected chi connectivity index (χ0v) is 16.2. The Morgan fingerprint density at radius 2 is 1.92 bits per heavy atom. The predicted octanol–water partition coefficient (Wildman–Crippen LogP) is 4.26. The van der Waals surface area contributed by atoms with Crippen LogP contribution >= 0.6 is 11.3 Å². The number of benzene rings is 2. The van der Waals surface area contributed by atoms with Gasteiger partial charge < -0.3 is 4.90 Å². The number of halogens is 1. The summed E-state index contributed by atoms with van der Waals surface area (Å²) in [5, 5.41) is 0.526. The Kier molecular flexibility index (Phi) is 5.34. The second-order valence-electron chi connectivity index (χ2n) is 6.66. The molecule has 0 spiro atoms. The zero-order valence-electron chi connectivity index (χ0n) is 15.4. The zero-order chi connectivity index (χ0) is 18.8. The average Bonchev–Trinajstić information content (AvgIpc) is 3.02. The highest BCUT2D eigenvalue weighted by Crippen LogP contribution is 2.31. The first-order valence-corrected chi connectivity index (χ1v) is 9.27. The number of likely N-dealkylation sites (N-methyl/N-ethyl adjacent to an activating group) is 1. The summed E-state index contributed by atoms with van der Waals surface area (Å²) in [6, 6.07) is 10.7. The molecule has 26 heavy (non-hydrogen) atoms. The number of aryl methyl sites for hydroxylation is 2. The maximum Gasteiger partial charge on any atom is 0.260 e. The molecule has 136 valence electrons. The molecule has 0 saturated heterocycles. The van der Waals surface area contributed by atoms with Crippen LogP contribution in [0.1, 0.15) is 21.5 Å². The number of carbonyl (C=O) groups excluding carboxylic acids is 1. The molecule has 6 heteroatoms. The van der Waals surface area contributed by atoms with Crippen molar-refractivity contribution in [2.24, 2.45) is 0 Å². The molecule has 0 unspecified atom stereocenters. The van der Waals surface area contributed by atoms with Gasteiger partial charge in [-0.25, -0.2) is 9.37 Å². The van der Waals surface area contributed by atoms with Gasteiger partial charge in [-0.05, 0) is 51.7 Å². The van der Waals surface area contributed by atoms with Crippen LogP contribution in [0.25, 0.3) is 10.2 Å². The molecule has 1 heterocycles. The summed E-state index contributed by atoms with van der Waals surface area (Å²) in [6.45, 7) is 5.07. The van der Waals surface area contributed by atoms with Crippen LogP contribution < -0.4 is 4.90 Å². The van der Waals surface area contributed by atoms with Crippen molar-refractivity contribution in [1.29, 1.82) is 0 Å². The molecule has 2 aromatic carbocycles. The van der Waals surface area contributed by atoms with Gasteiger partial charge in [-0.15, -0.1) is 0 Å². The SMILES string of the molecule is Cc1ccc(C)c(C(=O)N(CCN(C)C)c2nc3c(F)cccc3s2)c1. The van der Waals surface area contributed by atoms with Crippen LogP contribution in [-0.4, -0.2) is 43.0 Å². The summed E-state index contributed by atoms with van der Waals surface area (Å²) in [5.41, 5.74) is 2.92. The van der Waals surface area contributed by atoms with Gasteiger partial charge in [-0.1, -0.05) is 35.1 Å². The predicted molar refractivity (Wildman–Crippen MR) is 106 cm³/mol. The quantitative estimate of drug-likeness (QED) is 0.672. The van der Waals surface area contributed by atoms with E-state index in [2.05, 4.69) is 4.98 Å². The number of nitrogens with zero attached hydrogens (tertiary/aromatic N) is 3. The molecular weight excluding hydrogens is 349 g/mol. The number of rotatable bonds is 5. The molecule has 3 rings (SSSR count). The van der Waals surface area contributed by atoms with Gasteiger partial charge in [0.25, 0.3) is 5.91 Å². The van der Waals surface area contributed by atoms with Crippen LogP contribution in [0.5, 0.6) is 0 Å². The minimum absolute atomic E-state index is 0.104. The van der Waals surface area contributed by atoms with Crippen LogP contribution in [0.4, 0.5) is 9.52 Å². The van der Waals surface area contributed by atoms with Crippen LogP contribution in [0.15, 0.2) is 36.4 Å². The first-order valence-electron chi connectivity index (χ1n) is 8.45. The lowest BCUT2D eigenvalue weighted by Crippen LogP contribution is -2.37. The van der Waals surface area contributed by atoms with E-state index in [1.54, 1.807) is 11.0 Å². The second kappa shape index (κ2) is 7.51. The van der Waals surface area contributed by atoms with Gasteiger partial charge in [0.15, 0.2) is 5.13 Å². The lowest BCUT2D eigenvalue weighted by Gasteiger charge is -2.23. The maximum absolute atomic E-state index is 14.1. The molecule has 0 aliphatic carbocycles. The normalized spacial score (nSPS) is 11.3. The second-order valence-corrected chi connectivity index (χ2v) is 7.67. The smallest absolute Gasteiger partial charge is 0.260 e. The van der Waals surface area contributed by atoms with E-state index in [1.807, 2.05) is 57.1 Å². The number of fused-ring (bicyclic) bond motifs is 1. The number of thiazole rings is 1. The van der Waals surface area contributed by atoms with Gasteiger partial charge in [0.1, 0.15) is 11.3 Å². The third-order valence-electron chi connectivity index (χ3n) is 4.23. The van der Waals surface area contributed by atoms with E-state index in [0.29, 0.717) is 29.3 Å². The monoisotopic (exact) mass is 371 g/mol. The van der Waals surface area contributed by atoms with E-state index in [1.165, 1.54) is 17.4 Å². The van der Waals surface area contributed by atoms with Crippen LogP contribution in [0, 0.1) is 19.7 Å². The molecule has 0 fully saturated rings. The van der Waals surface area contributed by atoms with Crippen molar-refractivity contribution in [2.45, 2.75) is 13.8 Å². The Labute approximate surface area is 156 Å². The fourth-order valence-corrected chi connectivity index (χ4v) is 3.72. The van der Waals surface area contributed by atoms with E-state index in [4.69, 9.17) is 0 Å². The molecule has 3 aromatic rings. The van der Waals surface area contributed by atoms with Crippen molar-refractivity contribution in [3.63, 3.8) is 0 Å². The lowest BCUT2D eigenvalue weighted by molar-refractivity contribution is 0.0984. The molecule has 0 atom stereocenters. The Morgan fingerprint density at radius 3 is 2.62 bits per heavy atom.